The number of benzene rings is 1. The first-order valence-electron chi connectivity index (χ1n) is 12.3. The van der Waals surface area contributed by atoms with Crippen LogP contribution in [-0.2, 0) is 0 Å². The second-order valence-electron chi connectivity index (χ2n) is 9.63. The number of carbonyl (C=O) groups is 2. The Morgan fingerprint density at radius 3 is 2.95 bits per heavy atom. The number of aryl methyl sites for hydroxylation is 2. The van der Waals surface area contributed by atoms with Crippen molar-refractivity contribution in [3.8, 4) is 16.3 Å². The zero-order valence-electron chi connectivity index (χ0n) is 20.4. The maximum Gasteiger partial charge on any atom is 0.414 e. The molecule has 1 saturated heterocycles. The molecule has 6 rings (SSSR count). The number of thiazole rings is 2. The van der Waals surface area contributed by atoms with Crippen molar-refractivity contribution in [1.82, 2.24) is 24.6 Å². The molecule has 1 aliphatic carbocycles. The third-order valence-corrected chi connectivity index (χ3v) is 9.13. The minimum Gasteiger partial charge on any atom is -0.391 e. The van der Waals surface area contributed by atoms with Crippen molar-refractivity contribution in [1.29, 1.82) is 0 Å². The van der Waals surface area contributed by atoms with Crippen LogP contribution in [0.4, 0.5) is 9.18 Å². The summed E-state index contributed by atoms with van der Waals surface area (Å²) in [6.45, 7) is 4.56. The molecule has 1 aliphatic heterocycles. The van der Waals surface area contributed by atoms with Gasteiger partial charge in [0.1, 0.15) is 17.2 Å². The molecule has 3 aromatic heterocycles. The molecule has 1 N–H and O–H groups in total. The first-order chi connectivity index (χ1) is 17.9. The number of fused-ring (bicyclic) bond motifs is 2. The zero-order valence-corrected chi connectivity index (χ0v) is 22.1. The Hall–Kier alpha value is -3.31. The number of rotatable bonds is 5. The Labute approximate surface area is 221 Å². The van der Waals surface area contributed by atoms with E-state index in [-0.39, 0.29) is 24.3 Å². The van der Waals surface area contributed by atoms with E-state index in [0.717, 1.165) is 29.2 Å². The molecule has 2 aliphatic rings. The fourth-order valence-electron chi connectivity index (χ4n) is 5.75. The lowest BCUT2D eigenvalue weighted by Crippen LogP contribution is -2.46. The fourth-order valence-corrected chi connectivity index (χ4v) is 7.41. The molecule has 4 aromatic rings. The molecule has 4 heterocycles. The molecule has 0 radical (unpaired) electrons. The minimum absolute atomic E-state index is 0.164. The Kier molecular flexibility index (Phi) is 6.20. The predicted molar refractivity (Wildman–Crippen MR) is 140 cm³/mol. The van der Waals surface area contributed by atoms with E-state index in [4.69, 9.17) is 4.74 Å². The summed E-state index contributed by atoms with van der Waals surface area (Å²) >= 11 is 2.85. The van der Waals surface area contributed by atoms with Crippen molar-refractivity contribution in [2.45, 2.75) is 39.2 Å². The molecule has 192 valence electrons. The largest absolute Gasteiger partial charge is 0.414 e. The maximum atomic E-state index is 13.9. The van der Waals surface area contributed by atoms with Gasteiger partial charge in [-0.05, 0) is 56.2 Å². The maximum absolute atomic E-state index is 13.9. The number of ether oxygens (including phenoxy) is 1. The molecule has 3 atom stereocenters. The van der Waals surface area contributed by atoms with Crippen molar-refractivity contribution < 1.29 is 18.7 Å². The second kappa shape index (κ2) is 9.53. The fraction of sp³-hybridized carbons (Fsp3) is 0.385. The van der Waals surface area contributed by atoms with Crippen molar-refractivity contribution in [3.63, 3.8) is 0 Å². The van der Waals surface area contributed by atoms with Gasteiger partial charge in [-0.15, -0.1) is 22.7 Å². The summed E-state index contributed by atoms with van der Waals surface area (Å²) < 4.78 is 21.3. The van der Waals surface area contributed by atoms with Gasteiger partial charge in [-0.3, -0.25) is 9.20 Å². The molecule has 1 aromatic carbocycles. The molecular weight excluding hydrogens is 513 g/mol. The number of aromatic nitrogens is 3. The molecule has 0 bridgehead atoms. The van der Waals surface area contributed by atoms with Crippen LogP contribution in [0.1, 0.15) is 40.5 Å². The van der Waals surface area contributed by atoms with Crippen LogP contribution < -0.4 is 10.1 Å². The van der Waals surface area contributed by atoms with Gasteiger partial charge in [0.2, 0.25) is 5.88 Å². The molecule has 8 nitrogen and oxygen atoms in total. The highest BCUT2D eigenvalue weighted by Crippen LogP contribution is 2.43. The number of hydrogen-bond donors (Lipinski definition) is 1. The lowest BCUT2D eigenvalue weighted by atomic mass is 9.94. The highest BCUT2D eigenvalue weighted by Gasteiger charge is 2.47. The van der Waals surface area contributed by atoms with Crippen molar-refractivity contribution >= 4 is 39.6 Å². The van der Waals surface area contributed by atoms with Gasteiger partial charge < -0.3 is 15.0 Å². The standard InChI is InChI=1S/C26H26FN5O3S2/c1-14-24(31-9-10-36-25(31)29-14)35-26(34)28-12-20-19-8-4-6-17(19)13-32(20)23(33)21-22(37-15(2)30-21)16-5-3-7-18(27)11-16/h3,5,7,9-11,17,19-20H,4,6,8,12-13H2,1-2H3,(H,28,34)/t17-,19-,20+/m0/s1. The normalized spacial score (nSPS) is 20.9. The molecule has 1 saturated carbocycles. The zero-order chi connectivity index (χ0) is 25.7. The van der Waals surface area contributed by atoms with Crippen LogP contribution in [0.2, 0.25) is 0 Å². The van der Waals surface area contributed by atoms with Gasteiger partial charge in [0.25, 0.3) is 5.91 Å². The summed E-state index contributed by atoms with van der Waals surface area (Å²) in [7, 11) is 0. The van der Waals surface area contributed by atoms with Crippen LogP contribution in [0.15, 0.2) is 35.8 Å². The SMILES string of the molecule is Cc1nc(C(=O)N2C[C@@H]3CCC[C@@H]3[C@H]2CNC(=O)Oc2c(C)nc3sccn23)c(-c2cccc(F)c2)s1. The van der Waals surface area contributed by atoms with Gasteiger partial charge in [0.05, 0.1) is 15.9 Å². The summed E-state index contributed by atoms with van der Waals surface area (Å²) in [6.07, 6.45) is 4.44. The molecule has 2 fully saturated rings. The van der Waals surface area contributed by atoms with Gasteiger partial charge in [-0.1, -0.05) is 18.6 Å². The van der Waals surface area contributed by atoms with E-state index in [1.807, 2.05) is 23.4 Å². The number of likely N-dealkylation sites (tertiary alicyclic amines) is 1. The number of hydrogen-bond acceptors (Lipinski definition) is 7. The molecule has 2 amide bonds. The van der Waals surface area contributed by atoms with Gasteiger partial charge >= 0.3 is 6.09 Å². The highest BCUT2D eigenvalue weighted by molar-refractivity contribution is 7.15. The topological polar surface area (TPSA) is 88.8 Å². The van der Waals surface area contributed by atoms with Gasteiger partial charge in [0.15, 0.2) is 4.96 Å². The molecule has 11 heteroatoms. The van der Waals surface area contributed by atoms with E-state index in [2.05, 4.69) is 15.3 Å². The Morgan fingerprint density at radius 1 is 1.24 bits per heavy atom. The van der Waals surface area contributed by atoms with E-state index < -0.39 is 6.09 Å². The quantitative estimate of drug-likeness (QED) is 0.372. The summed E-state index contributed by atoms with van der Waals surface area (Å²) in [5.41, 5.74) is 1.62. The Balaban J connectivity index is 1.22. The lowest BCUT2D eigenvalue weighted by Gasteiger charge is -2.28. The summed E-state index contributed by atoms with van der Waals surface area (Å²) in [6, 6.07) is 6.08. The van der Waals surface area contributed by atoms with Crippen LogP contribution in [0, 0.1) is 31.5 Å². The lowest BCUT2D eigenvalue weighted by molar-refractivity contribution is 0.0706. The minimum atomic E-state index is -0.574. The van der Waals surface area contributed by atoms with Crippen molar-refractivity contribution in [2.75, 3.05) is 13.1 Å². The van der Waals surface area contributed by atoms with Crippen LogP contribution in [0.3, 0.4) is 0 Å². The van der Waals surface area contributed by atoms with Gasteiger partial charge in [0, 0.05) is 24.7 Å². The number of imidazole rings is 1. The van der Waals surface area contributed by atoms with E-state index >= 15 is 0 Å². The van der Waals surface area contributed by atoms with Crippen LogP contribution in [-0.4, -0.2) is 50.4 Å². The van der Waals surface area contributed by atoms with Crippen LogP contribution in [0.25, 0.3) is 15.4 Å². The molecule has 0 unspecified atom stereocenters. The first-order valence-corrected chi connectivity index (χ1v) is 14.0. The number of carbonyl (C=O) groups excluding carboxylic acids is 2. The van der Waals surface area contributed by atoms with Crippen LogP contribution in [0.5, 0.6) is 5.88 Å². The van der Waals surface area contributed by atoms with Crippen LogP contribution >= 0.6 is 22.7 Å². The third-order valence-electron chi connectivity index (χ3n) is 7.35. The number of nitrogens with one attached hydrogen (secondary N) is 1. The summed E-state index contributed by atoms with van der Waals surface area (Å²) in [5, 5.41) is 5.52. The Morgan fingerprint density at radius 2 is 2.11 bits per heavy atom. The van der Waals surface area contributed by atoms with E-state index in [9.17, 15) is 14.0 Å². The number of nitrogens with zero attached hydrogens (tertiary/aromatic N) is 4. The van der Waals surface area contributed by atoms with E-state index in [1.165, 1.54) is 34.8 Å². The molecular formula is C26H26FN5O3S2. The first kappa shape index (κ1) is 24.1. The predicted octanol–water partition coefficient (Wildman–Crippen LogP) is 5.30. The van der Waals surface area contributed by atoms with Crippen molar-refractivity contribution in [3.05, 3.63) is 58.1 Å². The summed E-state index contributed by atoms with van der Waals surface area (Å²) in [4.78, 5) is 38.9. The molecule has 37 heavy (non-hydrogen) atoms. The average molecular weight is 540 g/mol. The molecule has 0 spiro atoms. The Bertz CT molecular complexity index is 1490. The summed E-state index contributed by atoms with van der Waals surface area (Å²) in [5.74, 6) is 0.564. The smallest absolute Gasteiger partial charge is 0.391 e. The average Bonchev–Trinajstić information content (AvgIpc) is 3.67. The number of halogens is 1. The number of amides is 2. The van der Waals surface area contributed by atoms with Crippen molar-refractivity contribution in [2.24, 2.45) is 11.8 Å². The van der Waals surface area contributed by atoms with Gasteiger partial charge in [-0.2, -0.15) is 0 Å². The highest BCUT2D eigenvalue weighted by atomic mass is 32.1. The van der Waals surface area contributed by atoms with Gasteiger partial charge in [-0.25, -0.2) is 19.2 Å². The monoisotopic (exact) mass is 539 g/mol. The van der Waals surface area contributed by atoms with E-state index in [1.54, 1.807) is 23.5 Å². The third kappa shape index (κ3) is 4.40. The second-order valence-corrected chi connectivity index (χ2v) is 11.7. The van der Waals surface area contributed by atoms with E-state index in [0.29, 0.717) is 46.1 Å².